The molecular formula is C5H5N3O3. The van der Waals surface area contributed by atoms with Gasteiger partial charge in [-0.25, -0.2) is 0 Å². The summed E-state index contributed by atoms with van der Waals surface area (Å²) >= 11 is 0. The van der Waals surface area contributed by atoms with E-state index in [1.165, 1.54) is 0 Å². The van der Waals surface area contributed by atoms with Gasteiger partial charge >= 0.3 is 5.69 Å². The van der Waals surface area contributed by atoms with Crippen LogP contribution in [0.15, 0.2) is 17.1 Å². The molecule has 0 saturated heterocycles. The minimum absolute atomic E-state index is 0.126. The molecule has 0 aliphatic carbocycles. The fourth-order valence-electron chi connectivity index (χ4n) is 0.638. The zero-order chi connectivity index (χ0) is 8.43. The van der Waals surface area contributed by atoms with Gasteiger partial charge in [0.15, 0.2) is 0 Å². The Morgan fingerprint density at radius 3 is 2.73 bits per heavy atom. The standard InChI is InChI=1S/C5H5N3O3/c6-3-1-5(9)7-2-4(3)8(10)11/h1-2H,(H3,6,7,9). The maximum atomic E-state index is 10.5. The van der Waals surface area contributed by atoms with E-state index in [9.17, 15) is 14.9 Å². The Balaban J connectivity index is 3.31. The van der Waals surface area contributed by atoms with Crippen LogP contribution in [0.4, 0.5) is 11.4 Å². The highest BCUT2D eigenvalue weighted by Crippen LogP contribution is 2.15. The maximum Gasteiger partial charge on any atom is 0.308 e. The quantitative estimate of drug-likeness (QED) is 0.435. The van der Waals surface area contributed by atoms with Gasteiger partial charge < -0.3 is 10.7 Å². The van der Waals surface area contributed by atoms with Gasteiger partial charge in [-0.2, -0.15) is 0 Å². The van der Waals surface area contributed by atoms with Gasteiger partial charge in [0.2, 0.25) is 5.56 Å². The van der Waals surface area contributed by atoms with Gasteiger partial charge in [-0.1, -0.05) is 0 Å². The summed E-state index contributed by atoms with van der Waals surface area (Å²) in [4.78, 5) is 22.1. The van der Waals surface area contributed by atoms with Crippen LogP contribution in [0.1, 0.15) is 0 Å². The van der Waals surface area contributed by atoms with Gasteiger partial charge in [0, 0.05) is 6.07 Å². The van der Waals surface area contributed by atoms with E-state index in [0.717, 1.165) is 12.3 Å². The number of aromatic amines is 1. The molecule has 1 aromatic heterocycles. The fourth-order valence-corrected chi connectivity index (χ4v) is 0.638. The average Bonchev–Trinajstić information content (AvgIpc) is 1.85. The lowest BCUT2D eigenvalue weighted by Crippen LogP contribution is -2.07. The zero-order valence-corrected chi connectivity index (χ0v) is 5.40. The number of aromatic nitrogens is 1. The van der Waals surface area contributed by atoms with Crippen molar-refractivity contribution >= 4 is 11.4 Å². The van der Waals surface area contributed by atoms with E-state index in [-0.39, 0.29) is 11.4 Å². The van der Waals surface area contributed by atoms with Crippen LogP contribution >= 0.6 is 0 Å². The molecule has 3 N–H and O–H groups in total. The summed E-state index contributed by atoms with van der Waals surface area (Å²) < 4.78 is 0. The molecule has 0 radical (unpaired) electrons. The SMILES string of the molecule is Nc1cc(=O)[nH]cc1[N+](=O)[O-]. The van der Waals surface area contributed by atoms with E-state index >= 15 is 0 Å². The largest absolute Gasteiger partial charge is 0.393 e. The molecule has 6 heteroatoms. The van der Waals surface area contributed by atoms with E-state index in [4.69, 9.17) is 5.73 Å². The lowest BCUT2D eigenvalue weighted by atomic mass is 10.4. The minimum Gasteiger partial charge on any atom is -0.393 e. The molecule has 6 nitrogen and oxygen atoms in total. The number of rotatable bonds is 1. The highest BCUT2D eigenvalue weighted by molar-refractivity contribution is 5.55. The second kappa shape index (κ2) is 2.41. The number of nitrogens with two attached hydrogens (primary N) is 1. The van der Waals surface area contributed by atoms with E-state index in [1.807, 2.05) is 0 Å². The molecule has 1 aromatic rings. The van der Waals surface area contributed by atoms with Crippen LogP contribution in [0.2, 0.25) is 0 Å². The van der Waals surface area contributed by atoms with Crippen molar-refractivity contribution < 1.29 is 4.92 Å². The number of H-pyrrole nitrogens is 1. The van der Waals surface area contributed by atoms with E-state index in [2.05, 4.69) is 4.98 Å². The van der Waals surface area contributed by atoms with Crippen molar-refractivity contribution in [3.63, 3.8) is 0 Å². The highest BCUT2D eigenvalue weighted by Gasteiger charge is 2.09. The summed E-state index contributed by atoms with van der Waals surface area (Å²) in [6.07, 6.45) is 0.970. The van der Waals surface area contributed by atoms with Crippen molar-refractivity contribution in [3.05, 3.63) is 32.7 Å². The number of pyridine rings is 1. The molecule has 1 heterocycles. The fraction of sp³-hybridized carbons (Fsp3) is 0. The molecule has 0 atom stereocenters. The van der Waals surface area contributed by atoms with Crippen LogP contribution < -0.4 is 11.3 Å². The second-order valence-electron chi connectivity index (χ2n) is 1.89. The molecule has 58 valence electrons. The summed E-state index contributed by atoms with van der Waals surface area (Å²) in [5, 5.41) is 10.1. The predicted molar refractivity (Wildman–Crippen MR) is 38.1 cm³/mol. The monoisotopic (exact) mass is 155 g/mol. The summed E-state index contributed by atoms with van der Waals surface area (Å²) in [5.74, 6) is 0. The van der Waals surface area contributed by atoms with Crippen molar-refractivity contribution in [2.24, 2.45) is 0 Å². The predicted octanol–water partition coefficient (Wildman–Crippen LogP) is -0.135. The van der Waals surface area contributed by atoms with Crippen molar-refractivity contribution in [2.75, 3.05) is 5.73 Å². The molecule has 1 rings (SSSR count). The Labute approximate surface area is 60.8 Å². The van der Waals surface area contributed by atoms with E-state index < -0.39 is 10.5 Å². The number of hydrogen-bond donors (Lipinski definition) is 2. The summed E-state index contributed by atoms with van der Waals surface area (Å²) in [7, 11) is 0. The first-order chi connectivity index (χ1) is 5.11. The molecule has 0 aliphatic heterocycles. The van der Waals surface area contributed by atoms with Crippen LogP contribution in [0.25, 0.3) is 0 Å². The van der Waals surface area contributed by atoms with Gasteiger partial charge in [0.25, 0.3) is 0 Å². The molecule has 0 aliphatic rings. The Hall–Kier alpha value is -1.85. The third-order valence-electron chi connectivity index (χ3n) is 1.13. The van der Waals surface area contributed by atoms with Crippen molar-refractivity contribution in [1.29, 1.82) is 0 Å². The molecule has 0 spiro atoms. The lowest BCUT2D eigenvalue weighted by Gasteiger charge is -1.92. The van der Waals surface area contributed by atoms with Gasteiger partial charge in [-0.05, 0) is 0 Å². The van der Waals surface area contributed by atoms with Gasteiger partial charge in [-0.3, -0.25) is 14.9 Å². The Morgan fingerprint density at radius 1 is 1.64 bits per heavy atom. The zero-order valence-electron chi connectivity index (χ0n) is 5.40. The van der Waals surface area contributed by atoms with Gasteiger partial charge in [0.1, 0.15) is 5.69 Å². The molecule has 0 saturated carbocycles. The first-order valence-electron chi connectivity index (χ1n) is 2.74. The topological polar surface area (TPSA) is 102 Å². The van der Waals surface area contributed by atoms with Crippen molar-refractivity contribution in [1.82, 2.24) is 4.98 Å². The first-order valence-corrected chi connectivity index (χ1v) is 2.74. The number of nitro groups is 1. The van der Waals surface area contributed by atoms with E-state index in [1.54, 1.807) is 0 Å². The molecular weight excluding hydrogens is 150 g/mol. The number of hydrogen-bond acceptors (Lipinski definition) is 4. The maximum absolute atomic E-state index is 10.5. The molecule has 0 unspecified atom stereocenters. The number of nitrogen functional groups attached to an aromatic ring is 1. The summed E-state index contributed by atoms with van der Waals surface area (Å²) in [6.45, 7) is 0. The molecule has 0 fully saturated rings. The normalized spacial score (nSPS) is 9.45. The van der Waals surface area contributed by atoms with Crippen LogP contribution in [0.3, 0.4) is 0 Å². The molecule has 0 aromatic carbocycles. The average molecular weight is 155 g/mol. The van der Waals surface area contributed by atoms with Crippen LogP contribution in [-0.4, -0.2) is 9.91 Å². The van der Waals surface area contributed by atoms with E-state index in [0.29, 0.717) is 0 Å². The van der Waals surface area contributed by atoms with Crippen molar-refractivity contribution in [3.8, 4) is 0 Å². The van der Waals surface area contributed by atoms with Crippen LogP contribution in [0, 0.1) is 10.1 Å². The van der Waals surface area contributed by atoms with Gasteiger partial charge in [0.05, 0.1) is 11.1 Å². The highest BCUT2D eigenvalue weighted by atomic mass is 16.6. The molecule has 11 heavy (non-hydrogen) atoms. The third-order valence-corrected chi connectivity index (χ3v) is 1.13. The van der Waals surface area contributed by atoms with Crippen LogP contribution in [0.5, 0.6) is 0 Å². The Morgan fingerprint density at radius 2 is 2.27 bits per heavy atom. The Bertz CT molecular complexity index is 343. The summed E-state index contributed by atoms with van der Waals surface area (Å²) in [5.41, 5.74) is 4.30. The number of anilines is 1. The third kappa shape index (κ3) is 1.34. The number of nitrogens with one attached hydrogen (secondary N) is 1. The Kier molecular flexibility index (Phi) is 1.59. The second-order valence-corrected chi connectivity index (χ2v) is 1.89. The van der Waals surface area contributed by atoms with Crippen molar-refractivity contribution in [2.45, 2.75) is 0 Å². The van der Waals surface area contributed by atoms with Crippen LogP contribution in [-0.2, 0) is 0 Å². The first kappa shape index (κ1) is 7.26. The summed E-state index contributed by atoms with van der Waals surface area (Å²) in [6, 6.07) is 0.970. The molecule has 0 amide bonds. The number of nitrogens with zero attached hydrogens (tertiary/aromatic N) is 1. The lowest BCUT2D eigenvalue weighted by molar-refractivity contribution is -0.384. The molecule has 0 bridgehead atoms. The minimum atomic E-state index is -0.661. The van der Waals surface area contributed by atoms with Gasteiger partial charge in [-0.15, -0.1) is 0 Å². The smallest absolute Gasteiger partial charge is 0.308 e.